The van der Waals surface area contributed by atoms with Gasteiger partial charge in [-0.05, 0) is 12.1 Å². The number of nitrogens with zero attached hydrogens (tertiary/aromatic N) is 4. The lowest BCUT2D eigenvalue weighted by Crippen LogP contribution is -2.41. The molecule has 1 aromatic rings. The molecule has 2 rings (SSSR count). The second-order valence-corrected chi connectivity index (χ2v) is 4.81. The number of pyridine rings is 1. The first-order chi connectivity index (χ1) is 11.1. The lowest BCUT2D eigenvalue weighted by atomic mass is 10.3. The molecule has 2 N–H and O–H groups in total. The highest BCUT2D eigenvalue weighted by Crippen LogP contribution is 2.11. The van der Waals surface area contributed by atoms with Gasteiger partial charge in [0.1, 0.15) is 18.1 Å². The van der Waals surface area contributed by atoms with Crippen LogP contribution in [0.25, 0.3) is 0 Å². The average Bonchev–Trinajstić information content (AvgIpc) is 3.03. The lowest BCUT2D eigenvalue weighted by molar-refractivity contribution is -0.385. The van der Waals surface area contributed by atoms with Gasteiger partial charge in [-0.3, -0.25) is 14.9 Å². The van der Waals surface area contributed by atoms with Crippen LogP contribution in [0.4, 0.5) is 11.5 Å². The van der Waals surface area contributed by atoms with Gasteiger partial charge in [0.15, 0.2) is 0 Å². The predicted octanol–water partition coefficient (Wildman–Crippen LogP) is 0.282. The maximum Gasteiger partial charge on any atom is 0.287 e. The molecule has 23 heavy (non-hydrogen) atoms. The van der Waals surface area contributed by atoms with E-state index in [1.807, 2.05) is 0 Å². The summed E-state index contributed by atoms with van der Waals surface area (Å²) in [5, 5.41) is 25.4. The molecule has 0 saturated heterocycles. The van der Waals surface area contributed by atoms with Crippen molar-refractivity contribution in [2.75, 3.05) is 31.5 Å². The first-order valence-electron chi connectivity index (χ1n) is 7.02. The van der Waals surface area contributed by atoms with Crippen LogP contribution in [0.3, 0.4) is 0 Å². The van der Waals surface area contributed by atoms with Crippen molar-refractivity contribution in [1.82, 2.24) is 15.2 Å². The van der Waals surface area contributed by atoms with Gasteiger partial charge in [-0.25, -0.2) is 4.98 Å². The third-order valence-electron chi connectivity index (χ3n) is 3.25. The number of hydrogen-bond acceptors (Lipinski definition) is 7. The van der Waals surface area contributed by atoms with Gasteiger partial charge in [-0.15, -0.1) is 0 Å². The molecule has 120 valence electrons. The molecule has 0 aliphatic carbocycles. The number of amides is 1. The van der Waals surface area contributed by atoms with Crippen LogP contribution in [0, 0.1) is 21.4 Å². The van der Waals surface area contributed by atoms with Crippen LogP contribution in [0.2, 0.25) is 0 Å². The van der Waals surface area contributed by atoms with Gasteiger partial charge in [0.2, 0.25) is 5.91 Å². The summed E-state index contributed by atoms with van der Waals surface area (Å²) in [5.74, 6) is 0.395. The van der Waals surface area contributed by atoms with E-state index in [2.05, 4.69) is 21.7 Å². The van der Waals surface area contributed by atoms with Crippen molar-refractivity contribution >= 4 is 17.4 Å². The van der Waals surface area contributed by atoms with Gasteiger partial charge in [0.05, 0.1) is 17.5 Å². The van der Waals surface area contributed by atoms with Crippen LogP contribution in [-0.2, 0) is 4.79 Å². The van der Waals surface area contributed by atoms with Crippen molar-refractivity contribution in [2.45, 2.75) is 6.04 Å². The summed E-state index contributed by atoms with van der Waals surface area (Å²) in [6.45, 7) is 1.64. The van der Waals surface area contributed by atoms with E-state index in [0.717, 1.165) is 0 Å². The molecular formula is C14H16N6O3. The van der Waals surface area contributed by atoms with E-state index in [1.165, 1.54) is 23.2 Å². The number of carbonyl (C=O) groups is 1. The molecule has 1 atom stereocenters. The highest BCUT2D eigenvalue weighted by atomic mass is 16.6. The maximum atomic E-state index is 11.9. The van der Waals surface area contributed by atoms with Crippen molar-refractivity contribution in [2.24, 2.45) is 0 Å². The summed E-state index contributed by atoms with van der Waals surface area (Å²) >= 11 is 0. The van der Waals surface area contributed by atoms with Gasteiger partial charge in [0.25, 0.3) is 5.69 Å². The molecule has 1 aliphatic heterocycles. The zero-order chi connectivity index (χ0) is 16.7. The number of aromatic nitrogens is 1. The van der Waals surface area contributed by atoms with Crippen LogP contribution >= 0.6 is 0 Å². The maximum absolute atomic E-state index is 11.9. The van der Waals surface area contributed by atoms with Crippen LogP contribution < -0.4 is 10.6 Å². The Balaban J connectivity index is 1.65. The molecule has 9 heteroatoms. The Morgan fingerprint density at radius 2 is 2.35 bits per heavy atom. The third-order valence-corrected chi connectivity index (χ3v) is 3.25. The number of anilines is 1. The molecule has 0 unspecified atom stereocenters. The number of hydrogen-bond donors (Lipinski definition) is 2. The van der Waals surface area contributed by atoms with Gasteiger partial charge in [-0.2, -0.15) is 5.26 Å². The van der Waals surface area contributed by atoms with Gasteiger partial charge in [0, 0.05) is 25.7 Å². The molecular weight excluding hydrogens is 300 g/mol. The minimum absolute atomic E-state index is 0.0643. The highest BCUT2D eigenvalue weighted by molar-refractivity contribution is 5.79. The van der Waals surface area contributed by atoms with E-state index < -0.39 is 11.0 Å². The molecule has 2 heterocycles. The van der Waals surface area contributed by atoms with E-state index >= 15 is 0 Å². The van der Waals surface area contributed by atoms with E-state index in [0.29, 0.717) is 25.5 Å². The summed E-state index contributed by atoms with van der Waals surface area (Å²) in [5.41, 5.74) is -0.0643. The first kappa shape index (κ1) is 16.4. The summed E-state index contributed by atoms with van der Waals surface area (Å²) in [4.78, 5) is 27.3. The second kappa shape index (κ2) is 7.86. The first-order valence-corrected chi connectivity index (χ1v) is 7.02. The van der Waals surface area contributed by atoms with Crippen molar-refractivity contribution in [3.63, 3.8) is 0 Å². The van der Waals surface area contributed by atoms with E-state index in [4.69, 9.17) is 5.26 Å². The van der Waals surface area contributed by atoms with Crippen LogP contribution in [0.1, 0.15) is 0 Å². The van der Waals surface area contributed by atoms with Crippen molar-refractivity contribution < 1.29 is 9.72 Å². The minimum atomic E-state index is -0.508. The predicted molar refractivity (Wildman–Crippen MR) is 82.5 cm³/mol. The standard InChI is InChI=1S/C14H16N6O3/c15-8-11-2-1-7-19(11)14(21)10-16-5-6-17-13-4-3-12(9-18-13)20(22)23/h1-4,9,11,16H,5-7,10H2,(H,17,18)/t11-/m0/s1. The van der Waals surface area contributed by atoms with Crippen molar-refractivity contribution in [1.29, 1.82) is 5.26 Å². The Bertz CT molecular complexity index is 637. The van der Waals surface area contributed by atoms with Gasteiger partial charge in [-0.1, -0.05) is 6.08 Å². The normalized spacial score (nSPS) is 16.1. The molecule has 0 aromatic carbocycles. The van der Waals surface area contributed by atoms with Crippen molar-refractivity contribution in [3.8, 4) is 6.07 Å². The Labute approximate surface area is 132 Å². The molecule has 0 saturated carbocycles. The van der Waals surface area contributed by atoms with Crippen LogP contribution in [0.5, 0.6) is 0 Å². The average molecular weight is 316 g/mol. The molecule has 1 amide bonds. The molecule has 1 aliphatic rings. The number of nitrogens with one attached hydrogen (secondary N) is 2. The summed E-state index contributed by atoms with van der Waals surface area (Å²) in [6, 6.07) is 4.47. The van der Waals surface area contributed by atoms with E-state index in [-0.39, 0.29) is 18.1 Å². The van der Waals surface area contributed by atoms with E-state index in [1.54, 1.807) is 12.2 Å². The second-order valence-electron chi connectivity index (χ2n) is 4.81. The minimum Gasteiger partial charge on any atom is -0.369 e. The fourth-order valence-corrected chi connectivity index (χ4v) is 2.06. The Morgan fingerprint density at radius 1 is 1.52 bits per heavy atom. The summed E-state index contributed by atoms with van der Waals surface area (Å²) < 4.78 is 0. The summed E-state index contributed by atoms with van der Waals surface area (Å²) in [7, 11) is 0. The summed E-state index contributed by atoms with van der Waals surface area (Å²) in [6.07, 6.45) is 4.69. The van der Waals surface area contributed by atoms with Gasteiger partial charge >= 0.3 is 0 Å². The van der Waals surface area contributed by atoms with Crippen LogP contribution in [0.15, 0.2) is 30.5 Å². The molecule has 1 aromatic heterocycles. The molecule has 0 spiro atoms. The zero-order valence-electron chi connectivity index (χ0n) is 12.3. The largest absolute Gasteiger partial charge is 0.369 e. The zero-order valence-corrected chi connectivity index (χ0v) is 12.3. The Morgan fingerprint density at radius 3 is 3.00 bits per heavy atom. The van der Waals surface area contributed by atoms with Crippen molar-refractivity contribution in [3.05, 3.63) is 40.6 Å². The number of nitro groups is 1. The monoisotopic (exact) mass is 316 g/mol. The van der Waals surface area contributed by atoms with Gasteiger partial charge < -0.3 is 15.5 Å². The SMILES string of the molecule is N#C[C@@H]1C=CCN1C(=O)CNCCNc1ccc([N+](=O)[O-])cn1. The number of rotatable bonds is 7. The fraction of sp³-hybridized carbons (Fsp3) is 0.357. The Kier molecular flexibility index (Phi) is 5.60. The Hall–Kier alpha value is -2.99. The fourth-order valence-electron chi connectivity index (χ4n) is 2.06. The topological polar surface area (TPSA) is 124 Å². The smallest absolute Gasteiger partial charge is 0.287 e. The lowest BCUT2D eigenvalue weighted by Gasteiger charge is -2.19. The highest BCUT2D eigenvalue weighted by Gasteiger charge is 2.23. The molecule has 0 fully saturated rings. The third kappa shape index (κ3) is 4.49. The van der Waals surface area contributed by atoms with E-state index in [9.17, 15) is 14.9 Å². The number of nitriles is 1. The van der Waals surface area contributed by atoms with Crippen LogP contribution in [-0.4, -0.2) is 52.9 Å². The number of carbonyl (C=O) groups excluding carboxylic acids is 1. The molecule has 9 nitrogen and oxygen atoms in total. The molecule has 0 bridgehead atoms. The quantitative estimate of drug-likeness (QED) is 0.320. The molecule has 0 radical (unpaired) electrons.